The second-order valence-electron chi connectivity index (χ2n) is 6.93. The first-order valence-electron chi connectivity index (χ1n) is 8.93. The molecule has 8 nitrogen and oxygen atoms in total. The number of nitrogen functional groups attached to an aromatic ring is 1. The van der Waals surface area contributed by atoms with Crippen molar-refractivity contribution in [3.05, 3.63) is 16.5 Å². The van der Waals surface area contributed by atoms with Gasteiger partial charge < -0.3 is 16.4 Å². The van der Waals surface area contributed by atoms with E-state index in [0.29, 0.717) is 23.7 Å². The third kappa shape index (κ3) is 4.33. The van der Waals surface area contributed by atoms with Gasteiger partial charge in [-0.15, -0.1) is 11.3 Å². The normalized spacial score (nSPS) is 16.1. The Labute approximate surface area is 163 Å². The number of anilines is 2. The average Bonchev–Trinajstić information content (AvgIpc) is 2.92. The monoisotopic (exact) mass is 411 g/mol. The highest BCUT2D eigenvalue weighted by molar-refractivity contribution is 7.88. The second-order valence-corrected chi connectivity index (χ2v) is 9.71. The van der Waals surface area contributed by atoms with Gasteiger partial charge in [-0.1, -0.05) is 13.3 Å². The molecule has 27 heavy (non-hydrogen) atoms. The second kappa shape index (κ2) is 7.61. The van der Waals surface area contributed by atoms with Crippen LogP contribution < -0.4 is 21.1 Å². The number of aryl methyl sites for hydroxylation is 1. The van der Waals surface area contributed by atoms with Crippen molar-refractivity contribution in [3.63, 3.8) is 0 Å². The Morgan fingerprint density at radius 3 is 2.63 bits per heavy atom. The maximum Gasteiger partial charge on any atom is 0.260 e. The number of hydrogen-bond donors (Lipinski definition) is 3. The van der Waals surface area contributed by atoms with Crippen LogP contribution in [0.5, 0.6) is 0 Å². The number of aromatic nitrogens is 1. The van der Waals surface area contributed by atoms with E-state index in [1.807, 2.05) is 6.07 Å². The van der Waals surface area contributed by atoms with Gasteiger partial charge in [0, 0.05) is 24.5 Å². The number of carbonyl (C=O) groups is 1. The lowest BCUT2D eigenvalue weighted by Gasteiger charge is -2.33. The molecule has 1 aliphatic heterocycles. The van der Waals surface area contributed by atoms with Crippen LogP contribution in [0.3, 0.4) is 0 Å². The Morgan fingerprint density at radius 2 is 2.07 bits per heavy atom. The van der Waals surface area contributed by atoms with Crippen LogP contribution in [0, 0.1) is 0 Å². The molecule has 5 N–H and O–H groups in total. The van der Waals surface area contributed by atoms with Crippen molar-refractivity contribution in [2.24, 2.45) is 5.73 Å². The zero-order valence-electron chi connectivity index (χ0n) is 15.5. The van der Waals surface area contributed by atoms with Gasteiger partial charge in [0.1, 0.15) is 15.5 Å². The molecule has 2 aromatic heterocycles. The van der Waals surface area contributed by atoms with E-state index >= 15 is 0 Å². The van der Waals surface area contributed by atoms with Crippen LogP contribution in [0.25, 0.3) is 10.2 Å². The summed E-state index contributed by atoms with van der Waals surface area (Å²) in [5.74, 6) is 0.299. The Balaban J connectivity index is 1.90. The largest absolute Gasteiger partial charge is 0.397 e. The third-order valence-corrected chi connectivity index (χ3v) is 6.59. The van der Waals surface area contributed by atoms with Crippen molar-refractivity contribution in [2.45, 2.75) is 38.6 Å². The van der Waals surface area contributed by atoms with Gasteiger partial charge in [0.25, 0.3) is 5.91 Å². The quantitative estimate of drug-likeness (QED) is 0.659. The van der Waals surface area contributed by atoms with Crippen LogP contribution >= 0.6 is 11.3 Å². The molecule has 0 aliphatic carbocycles. The summed E-state index contributed by atoms with van der Waals surface area (Å²) in [4.78, 5) is 19.6. The van der Waals surface area contributed by atoms with E-state index in [9.17, 15) is 13.2 Å². The fourth-order valence-electron chi connectivity index (χ4n) is 3.53. The van der Waals surface area contributed by atoms with Gasteiger partial charge in [-0.25, -0.2) is 18.1 Å². The number of nitrogens with two attached hydrogens (primary N) is 2. The zero-order chi connectivity index (χ0) is 19.8. The van der Waals surface area contributed by atoms with Crippen molar-refractivity contribution < 1.29 is 13.2 Å². The minimum atomic E-state index is -3.20. The van der Waals surface area contributed by atoms with Gasteiger partial charge in [-0.2, -0.15) is 0 Å². The Hall–Kier alpha value is -1.91. The zero-order valence-corrected chi connectivity index (χ0v) is 17.1. The molecule has 1 aliphatic rings. The summed E-state index contributed by atoms with van der Waals surface area (Å²) < 4.78 is 25.5. The topological polar surface area (TPSA) is 131 Å². The number of sulfonamides is 1. The maximum atomic E-state index is 11.7. The first-order valence-corrected chi connectivity index (χ1v) is 11.6. The predicted molar refractivity (Wildman–Crippen MR) is 110 cm³/mol. The summed E-state index contributed by atoms with van der Waals surface area (Å²) >= 11 is 1.23. The molecule has 10 heteroatoms. The highest BCUT2D eigenvalue weighted by Gasteiger charge is 2.24. The van der Waals surface area contributed by atoms with E-state index in [1.165, 1.54) is 17.6 Å². The number of piperidine rings is 1. The van der Waals surface area contributed by atoms with E-state index in [1.54, 1.807) is 0 Å². The van der Waals surface area contributed by atoms with Crippen LogP contribution in [-0.4, -0.2) is 44.7 Å². The van der Waals surface area contributed by atoms with Crippen LogP contribution in [0.15, 0.2) is 6.07 Å². The summed E-state index contributed by atoms with van der Waals surface area (Å²) in [6.45, 7) is 3.51. The average molecular weight is 412 g/mol. The highest BCUT2D eigenvalue weighted by atomic mass is 32.2. The predicted octanol–water partition coefficient (Wildman–Crippen LogP) is 1.45. The SMILES string of the molecule is CCCc1cc(N2CCC(NS(C)(=O)=O)CC2)nc2sc(C(N)=O)c(N)c12. The molecule has 2 aromatic rings. The Morgan fingerprint density at radius 1 is 1.41 bits per heavy atom. The Bertz CT molecular complexity index is 963. The van der Waals surface area contributed by atoms with Gasteiger partial charge in [-0.3, -0.25) is 4.79 Å². The van der Waals surface area contributed by atoms with Crippen molar-refractivity contribution in [2.75, 3.05) is 30.0 Å². The molecule has 1 amide bonds. The first-order chi connectivity index (χ1) is 12.7. The first kappa shape index (κ1) is 19.8. The number of primary amides is 1. The standard InChI is InChI=1S/C17H25N5O3S2/c1-3-4-10-9-12(20-17-13(10)14(18)15(26-17)16(19)23)22-7-5-11(6-8-22)21-27(2,24)25/h9,11,21H,3-8,18H2,1-2H3,(H2,19,23). The molecular formula is C17H25N5O3S2. The van der Waals surface area contributed by atoms with Crippen LogP contribution in [0.4, 0.5) is 11.5 Å². The third-order valence-electron chi connectivity index (χ3n) is 4.71. The molecule has 0 radical (unpaired) electrons. The lowest BCUT2D eigenvalue weighted by Crippen LogP contribution is -2.44. The van der Waals surface area contributed by atoms with Crippen molar-refractivity contribution in [3.8, 4) is 0 Å². The number of rotatable bonds is 6. The van der Waals surface area contributed by atoms with Gasteiger partial charge in [0.15, 0.2) is 0 Å². The molecule has 0 bridgehead atoms. The van der Waals surface area contributed by atoms with Crippen molar-refractivity contribution >= 4 is 49.0 Å². The molecule has 1 fully saturated rings. The van der Waals surface area contributed by atoms with E-state index in [4.69, 9.17) is 16.5 Å². The molecule has 0 saturated carbocycles. The summed E-state index contributed by atoms with van der Waals surface area (Å²) in [6.07, 6.45) is 4.39. The molecule has 3 heterocycles. The maximum absolute atomic E-state index is 11.7. The summed E-state index contributed by atoms with van der Waals surface area (Å²) in [7, 11) is -3.20. The smallest absolute Gasteiger partial charge is 0.260 e. The van der Waals surface area contributed by atoms with Gasteiger partial charge >= 0.3 is 0 Å². The van der Waals surface area contributed by atoms with Crippen molar-refractivity contribution in [1.29, 1.82) is 0 Å². The van der Waals surface area contributed by atoms with Crippen LogP contribution in [0.2, 0.25) is 0 Å². The number of thiophene rings is 1. The molecule has 3 rings (SSSR count). The number of pyridine rings is 1. The molecule has 1 saturated heterocycles. The molecule has 0 atom stereocenters. The highest BCUT2D eigenvalue weighted by Crippen LogP contribution is 2.37. The summed E-state index contributed by atoms with van der Waals surface area (Å²) in [5, 5.41) is 0.827. The molecule has 0 unspecified atom stereocenters. The number of nitrogens with one attached hydrogen (secondary N) is 1. The molecular weight excluding hydrogens is 386 g/mol. The molecule has 148 valence electrons. The number of nitrogens with zero attached hydrogens (tertiary/aromatic N) is 2. The number of carbonyl (C=O) groups excluding carboxylic acids is 1. The van der Waals surface area contributed by atoms with E-state index in [2.05, 4.69) is 16.5 Å². The van der Waals surface area contributed by atoms with Crippen LogP contribution in [0.1, 0.15) is 41.4 Å². The number of hydrogen-bond acceptors (Lipinski definition) is 7. The Kier molecular flexibility index (Phi) is 5.59. The lowest BCUT2D eigenvalue weighted by atomic mass is 10.0. The van der Waals surface area contributed by atoms with Gasteiger partial charge in [-0.05, 0) is 30.9 Å². The summed E-state index contributed by atoms with van der Waals surface area (Å²) in [6, 6.07) is 1.98. The lowest BCUT2D eigenvalue weighted by molar-refractivity contribution is 0.100. The molecule has 0 aromatic carbocycles. The van der Waals surface area contributed by atoms with E-state index in [-0.39, 0.29) is 6.04 Å². The number of amides is 1. The fraction of sp³-hybridized carbons (Fsp3) is 0.529. The van der Waals surface area contributed by atoms with E-state index in [0.717, 1.165) is 47.3 Å². The van der Waals surface area contributed by atoms with Gasteiger partial charge in [0.2, 0.25) is 10.0 Å². The minimum absolute atomic E-state index is 0.0473. The summed E-state index contributed by atoms with van der Waals surface area (Å²) in [5.41, 5.74) is 13.1. The molecule has 0 spiro atoms. The number of fused-ring (bicyclic) bond motifs is 1. The van der Waals surface area contributed by atoms with Crippen LogP contribution in [-0.2, 0) is 16.4 Å². The van der Waals surface area contributed by atoms with Crippen molar-refractivity contribution in [1.82, 2.24) is 9.71 Å². The fourth-order valence-corrected chi connectivity index (χ4v) is 5.35. The minimum Gasteiger partial charge on any atom is -0.397 e. The van der Waals surface area contributed by atoms with E-state index < -0.39 is 15.9 Å². The van der Waals surface area contributed by atoms with Gasteiger partial charge in [0.05, 0.1) is 11.9 Å².